The minimum atomic E-state index is 0.727. The van der Waals surface area contributed by atoms with Crippen molar-refractivity contribution in [3.8, 4) is 11.6 Å². The minimum Gasteiger partial charge on any atom is -0.446 e. The number of hydrogen-bond acceptors (Lipinski definition) is 6. The van der Waals surface area contributed by atoms with Gasteiger partial charge in [-0.1, -0.05) is 0 Å². The van der Waals surface area contributed by atoms with E-state index in [0.717, 1.165) is 34.9 Å². The maximum Gasteiger partial charge on any atom is 0.198 e. The third-order valence-corrected chi connectivity index (χ3v) is 4.48. The standard InChI is InChI=1S/C15H15N7OS/c1-20-11-17-19-15(20)24-13-4-3-12(23-13)14-16-6-8-21(14)9-10-22-7-2-5-18-22/h2-8,11H,9-10H2,1H3. The molecule has 0 aliphatic rings. The van der Waals surface area contributed by atoms with Crippen molar-refractivity contribution in [2.75, 3.05) is 0 Å². The molecule has 4 heterocycles. The van der Waals surface area contributed by atoms with Crippen LogP contribution in [0.1, 0.15) is 0 Å². The van der Waals surface area contributed by atoms with Crippen molar-refractivity contribution in [1.82, 2.24) is 34.1 Å². The van der Waals surface area contributed by atoms with Gasteiger partial charge in [-0.3, -0.25) is 4.68 Å². The predicted molar refractivity (Wildman–Crippen MR) is 87.3 cm³/mol. The van der Waals surface area contributed by atoms with Gasteiger partial charge in [-0.15, -0.1) is 10.2 Å². The molecule has 0 saturated heterocycles. The molecule has 0 N–H and O–H groups in total. The first kappa shape index (κ1) is 14.8. The molecule has 4 rings (SSSR count). The van der Waals surface area contributed by atoms with E-state index < -0.39 is 0 Å². The highest BCUT2D eigenvalue weighted by molar-refractivity contribution is 7.99. The van der Waals surface area contributed by atoms with E-state index in [4.69, 9.17) is 4.42 Å². The third-order valence-electron chi connectivity index (χ3n) is 3.51. The molecular weight excluding hydrogens is 326 g/mol. The van der Waals surface area contributed by atoms with Crippen molar-refractivity contribution in [2.45, 2.75) is 23.3 Å². The molecule has 4 aromatic heterocycles. The van der Waals surface area contributed by atoms with Crippen LogP contribution < -0.4 is 0 Å². The maximum absolute atomic E-state index is 5.91. The SMILES string of the molecule is Cn1cnnc1Sc1ccc(-c2nccn2CCn2cccn2)o1. The van der Waals surface area contributed by atoms with E-state index in [2.05, 4.69) is 24.8 Å². The first-order chi connectivity index (χ1) is 11.8. The Hall–Kier alpha value is -2.81. The monoisotopic (exact) mass is 341 g/mol. The Morgan fingerprint density at radius 1 is 1.17 bits per heavy atom. The van der Waals surface area contributed by atoms with Crippen LogP contribution >= 0.6 is 11.8 Å². The fourth-order valence-corrected chi connectivity index (χ4v) is 3.03. The van der Waals surface area contributed by atoms with Crippen LogP contribution in [0.2, 0.25) is 0 Å². The fraction of sp³-hybridized carbons (Fsp3) is 0.200. The Kier molecular flexibility index (Phi) is 3.91. The Morgan fingerprint density at radius 3 is 2.92 bits per heavy atom. The highest BCUT2D eigenvalue weighted by atomic mass is 32.2. The Labute approximate surface area is 142 Å². The second kappa shape index (κ2) is 6.36. The summed E-state index contributed by atoms with van der Waals surface area (Å²) >= 11 is 1.43. The molecule has 0 spiro atoms. The summed E-state index contributed by atoms with van der Waals surface area (Å²) in [7, 11) is 1.90. The summed E-state index contributed by atoms with van der Waals surface area (Å²) in [5.74, 6) is 1.53. The average Bonchev–Trinajstić information content (AvgIpc) is 3.34. The summed E-state index contributed by atoms with van der Waals surface area (Å²) in [5.41, 5.74) is 0. The van der Waals surface area contributed by atoms with E-state index in [-0.39, 0.29) is 0 Å². The lowest BCUT2D eigenvalue weighted by molar-refractivity contribution is 0.474. The van der Waals surface area contributed by atoms with Gasteiger partial charge in [-0.05, 0) is 30.0 Å². The first-order valence-corrected chi connectivity index (χ1v) is 8.22. The van der Waals surface area contributed by atoms with E-state index in [0.29, 0.717) is 0 Å². The Bertz CT molecular complexity index is 921. The smallest absolute Gasteiger partial charge is 0.198 e. The Morgan fingerprint density at radius 2 is 2.12 bits per heavy atom. The van der Waals surface area contributed by atoms with Crippen LogP contribution in [0.4, 0.5) is 0 Å². The highest BCUT2D eigenvalue weighted by Gasteiger charge is 2.13. The maximum atomic E-state index is 5.91. The van der Waals surface area contributed by atoms with Crippen LogP contribution in [0.25, 0.3) is 11.6 Å². The highest BCUT2D eigenvalue weighted by Crippen LogP contribution is 2.30. The van der Waals surface area contributed by atoms with Crippen LogP contribution in [0.3, 0.4) is 0 Å². The van der Waals surface area contributed by atoms with Gasteiger partial charge in [0.25, 0.3) is 0 Å². The summed E-state index contributed by atoms with van der Waals surface area (Å²) in [6.45, 7) is 1.54. The summed E-state index contributed by atoms with van der Waals surface area (Å²) in [6.07, 6.45) is 9.10. The molecular formula is C15H15N7OS. The van der Waals surface area contributed by atoms with Gasteiger partial charge < -0.3 is 13.6 Å². The summed E-state index contributed by atoms with van der Waals surface area (Å²) in [5, 5.41) is 13.6. The number of aromatic nitrogens is 7. The van der Waals surface area contributed by atoms with Crippen molar-refractivity contribution in [3.05, 3.63) is 49.3 Å². The largest absolute Gasteiger partial charge is 0.446 e. The van der Waals surface area contributed by atoms with E-state index in [1.807, 2.05) is 46.9 Å². The normalized spacial score (nSPS) is 11.2. The summed E-state index contributed by atoms with van der Waals surface area (Å²) in [4.78, 5) is 4.41. The van der Waals surface area contributed by atoms with Gasteiger partial charge in [-0.2, -0.15) is 5.10 Å². The summed E-state index contributed by atoms with van der Waals surface area (Å²) in [6, 6.07) is 5.75. The van der Waals surface area contributed by atoms with E-state index in [9.17, 15) is 0 Å². The number of nitrogens with zero attached hydrogens (tertiary/aromatic N) is 7. The zero-order valence-corrected chi connectivity index (χ0v) is 13.8. The lowest BCUT2D eigenvalue weighted by atomic mass is 10.4. The van der Waals surface area contributed by atoms with E-state index in [1.54, 1.807) is 18.7 Å². The van der Waals surface area contributed by atoms with Crippen molar-refractivity contribution < 1.29 is 4.42 Å². The van der Waals surface area contributed by atoms with Gasteiger partial charge in [0.15, 0.2) is 21.8 Å². The lowest BCUT2D eigenvalue weighted by Gasteiger charge is -2.06. The van der Waals surface area contributed by atoms with Gasteiger partial charge in [0.2, 0.25) is 0 Å². The quantitative estimate of drug-likeness (QED) is 0.535. The molecule has 0 fully saturated rings. The van der Waals surface area contributed by atoms with Crippen LogP contribution in [0, 0.1) is 0 Å². The van der Waals surface area contributed by atoms with Crippen molar-refractivity contribution >= 4 is 11.8 Å². The molecule has 0 aliphatic heterocycles. The first-order valence-electron chi connectivity index (χ1n) is 7.40. The molecule has 0 bridgehead atoms. The van der Waals surface area contributed by atoms with Crippen molar-refractivity contribution in [3.63, 3.8) is 0 Å². The number of furan rings is 1. The zero-order chi connectivity index (χ0) is 16.4. The molecule has 0 saturated carbocycles. The average molecular weight is 341 g/mol. The molecule has 0 unspecified atom stereocenters. The van der Waals surface area contributed by atoms with Gasteiger partial charge in [0, 0.05) is 38.4 Å². The fourth-order valence-electron chi connectivity index (χ4n) is 2.31. The van der Waals surface area contributed by atoms with Crippen LogP contribution in [-0.2, 0) is 20.1 Å². The van der Waals surface area contributed by atoms with Gasteiger partial charge in [0.05, 0.1) is 6.54 Å². The zero-order valence-electron chi connectivity index (χ0n) is 13.0. The third kappa shape index (κ3) is 2.98. The number of aryl methyl sites for hydroxylation is 3. The lowest BCUT2D eigenvalue weighted by Crippen LogP contribution is -2.08. The van der Waals surface area contributed by atoms with Crippen molar-refractivity contribution in [1.29, 1.82) is 0 Å². The molecule has 0 atom stereocenters. The van der Waals surface area contributed by atoms with E-state index >= 15 is 0 Å². The minimum absolute atomic E-state index is 0.727. The molecule has 4 aromatic rings. The molecule has 9 heteroatoms. The van der Waals surface area contributed by atoms with Crippen LogP contribution in [-0.4, -0.2) is 34.1 Å². The molecule has 0 aliphatic carbocycles. The molecule has 8 nitrogen and oxygen atoms in total. The molecule has 24 heavy (non-hydrogen) atoms. The number of rotatable bonds is 6. The van der Waals surface area contributed by atoms with Crippen LogP contribution in [0.15, 0.2) is 64.0 Å². The molecule has 0 aromatic carbocycles. The van der Waals surface area contributed by atoms with Gasteiger partial charge in [-0.25, -0.2) is 4.98 Å². The molecule has 122 valence electrons. The summed E-state index contributed by atoms with van der Waals surface area (Å²) < 4.78 is 11.7. The second-order valence-electron chi connectivity index (χ2n) is 5.16. The molecule has 0 amide bonds. The molecule has 0 radical (unpaired) electrons. The topological polar surface area (TPSA) is 79.5 Å². The number of imidazole rings is 1. The van der Waals surface area contributed by atoms with Gasteiger partial charge in [0.1, 0.15) is 6.33 Å². The van der Waals surface area contributed by atoms with E-state index in [1.165, 1.54) is 11.8 Å². The van der Waals surface area contributed by atoms with Gasteiger partial charge >= 0.3 is 0 Å². The second-order valence-corrected chi connectivity index (χ2v) is 6.13. The Balaban J connectivity index is 1.50. The predicted octanol–water partition coefficient (Wildman–Crippen LogP) is 2.32. The number of hydrogen-bond donors (Lipinski definition) is 0. The van der Waals surface area contributed by atoms with Crippen LogP contribution in [0.5, 0.6) is 0 Å². The van der Waals surface area contributed by atoms with Crippen molar-refractivity contribution in [2.24, 2.45) is 7.05 Å².